The Labute approximate surface area is 96.3 Å². The van der Waals surface area contributed by atoms with Gasteiger partial charge >= 0.3 is 0 Å². The Morgan fingerprint density at radius 3 is 2.93 bits per heavy atom. The van der Waals surface area contributed by atoms with Gasteiger partial charge in [-0.25, -0.2) is 0 Å². The molecular formula is C9H11ClO2S2. The van der Waals surface area contributed by atoms with Gasteiger partial charge in [-0.1, -0.05) is 18.5 Å². The van der Waals surface area contributed by atoms with Gasteiger partial charge in [0.15, 0.2) is 5.78 Å². The smallest absolute Gasteiger partial charge is 0.182 e. The van der Waals surface area contributed by atoms with Gasteiger partial charge in [-0.3, -0.25) is 4.79 Å². The predicted molar refractivity (Wildman–Crippen MR) is 62.7 cm³/mol. The minimum atomic E-state index is 0.0761. The number of Topliss-reactive ketones (excluding diaryl/α,β-unsaturated/α-hetero) is 1. The fourth-order valence-corrected chi connectivity index (χ4v) is 2.57. The van der Waals surface area contributed by atoms with Crippen molar-refractivity contribution < 1.29 is 9.90 Å². The summed E-state index contributed by atoms with van der Waals surface area (Å²) in [6, 6.07) is 3.46. The fourth-order valence-electron chi connectivity index (χ4n) is 0.806. The molecule has 0 bridgehead atoms. The van der Waals surface area contributed by atoms with Crippen molar-refractivity contribution in [1.29, 1.82) is 0 Å². The summed E-state index contributed by atoms with van der Waals surface area (Å²) < 4.78 is 0.633. The quantitative estimate of drug-likeness (QED) is 0.817. The molecule has 1 N–H and O–H groups in total. The predicted octanol–water partition coefficient (Wildman–Crippen LogP) is 2.70. The Balaban J connectivity index is 2.43. The van der Waals surface area contributed by atoms with Crippen molar-refractivity contribution >= 4 is 40.5 Å². The summed E-state index contributed by atoms with van der Waals surface area (Å²) in [4.78, 5) is 12.2. The summed E-state index contributed by atoms with van der Waals surface area (Å²) in [6.07, 6.45) is 0. The first-order valence-electron chi connectivity index (χ1n) is 4.14. The second-order valence-corrected chi connectivity index (χ2v) is 5.97. The lowest BCUT2D eigenvalue weighted by molar-refractivity contribution is 0.102. The van der Waals surface area contributed by atoms with E-state index in [0.717, 1.165) is 0 Å². The highest BCUT2D eigenvalue weighted by Gasteiger charge is 2.10. The van der Waals surface area contributed by atoms with Crippen LogP contribution in [0, 0.1) is 0 Å². The normalized spacial score (nSPS) is 12.8. The molecule has 78 valence electrons. The van der Waals surface area contributed by atoms with Crippen LogP contribution in [0.3, 0.4) is 0 Å². The third-order valence-corrected chi connectivity index (χ3v) is 4.02. The van der Waals surface area contributed by atoms with Crippen LogP contribution in [-0.4, -0.2) is 28.5 Å². The monoisotopic (exact) mass is 250 g/mol. The highest BCUT2D eigenvalue weighted by atomic mass is 35.5. The Hall–Kier alpha value is -0.0300. The molecule has 1 rings (SSSR count). The van der Waals surface area contributed by atoms with E-state index in [9.17, 15) is 4.79 Å². The number of carbonyl (C=O) groups is 1. The zero-order chi connectivity index (χ0) is 10.6. The number of rotatable bonds is 5. The van der Waals surface area contributed by atoms with E-state index in [1.807, 2.05) is 6.92 Å². The molecule has 1 aromatic heterocycles. The number of hydrogen-bond acceptors (Lipinski definition) is 4. The zero-order valence-electron chi connectivity index (χ0n) is 7.70. The molecule has 0 saturated heterocycles. The molecule has 0 amide bonds. The SMILES string of the molecule is CC(CO)SCC(=O)c1ccc(Cl)s1. The first-order valence-corrected chi connectivity index (χ1v) is 6.39. The van der Waals surface area contributed by atoms with Crippen LogP contribution in [0.25, 0.3) is 0 Å². The molecule has 0 aromatic carbocycles. The Kier molecular flexibility index (Phi) is 4.95. The van der Waals surface area contributed by atoms with Crippen molar-refractivity contribution in [2.24, 2.45) is 0 Å². The molecule has 0 aliphatic carbocycles. The summed E-state index contributed by atoms with van der Waals surface area (Å²) >= 11 is 8.46. The Bertz CT molecular complexity index is 312. The van der Waals surface area contributed by atoms with Gasteiger partial charge < -0.3 is 5.11 Å². The van der Waals surface area contributed by atoms with Gasteiger partial charge in [-0.15, -0.1) is 23.1 Å². The average molecular weight is 251 g/mol. The zero-order valence-corrected chi connectivity index (χ0v) is 10.1. The number of thiophene rings is 1. The third-order valence-electron chi connectivity index (χ3n) is 1.60. The van der Waals surface area contributed by atoms with Crippen LogP contribution in [0.4, 0.5) is 0 Å². The molecule has 0 radical (unpaired) electrons. The molecule has 0 aliphatic rings. The van der Waals surface area contributed by atoms with Crippen LogP contribution >= 0.6 is 34.7 Å². The van der Waals surface area contributed by atoms with E-state index in [1.54, 1.807) is 12.1 Å². The number of hydrogen-bond donors (Lipinski definition) is 1. The highest BCUT2D eigenvalue weighted by molar-refractivity contribution is 8.00. The largest absolute Gasteiger partial charge is 0.395 e. The minimum absolute atomic E-state index is 0.0761. The first-order chi connectivity index (χ1) is 6.63. The number of carbonyl (C=O) groups excluding carboxylic acids is 1. The summed E-state index contributed by atoms with van der Waals surface area (Å²) in [6.45, 7) is 1.99. The molecule has 1 aromatic rings. The number of aliphatic hydroxyl groups excluding tert-OH is 1. The fraction of sp³-hybridized carbons (Fsp3) is 0.444. The van der Waals surface area contributed by atoms with Gasteiger partial charge in [0, 0.05) is 5.25 Å². The van der Waals surface area contributed by atoms with E-state index in [-0.39, 0.29) is 17.6 Å². The van der Waals surface area contributed by atoms with E-state index < -0.39 is 0 Å². The molecule has 1 unspecified atom stereocenters. The number of ketones is 1. The van der Waals surface area contributed by atoms with Crippen LogP contribution in [0.15, 0.2) is 12.1 Å². The van der Waals surface area contributed by atoms with Crippen molar-refractivity contribution in [2.75, 3.05) is 12.4 Å². The molecule has 0 aliphatic heterocycles. The average Bonchev–Trinajstić information content (AvgIpc) is 2.60. The highest BCUT2D eigenvalue weighted by Crippen LogP contribution is 2.23. The molecule has 1 heterocycles. The third kappa shape index (κ3) is 3.61. The number of thioether (sulfide) groups is 1. The summed E-state index contributed by atoms with van der Waals surface area (Å²) in [7, 11) is 0. The first kappa shape index (κ1) is 12.0. The van der Waals surface area contributed by atoms with E-state index in [1.165, 1.54) is 23.1 Å². The minimum Gasteiger partial charge on any atom is -0.395 e. The second kappa shape index (κ2) is 5.75. The van der Waals surface area contributed by atoms with E-state index in [4.69, 9.17) is 16.7 Å². The molecule has 0 saturated carbocycles. The molecule has 1 atom stereocenters. The van der Waals surface area contributed by atoms with Crippen molar-refractivity contribution in [3.63, 3.8) is 0 Å². The lowest BCUT2D eigenvalue weighted by Gasteiger charge is -2.05. The van der Waals surface area contributed by atoms with Crippen molar-refractivity contribution in [2.45, 2.75) is 12.2 Å². The lowest BCUT2D eigenvalue weighted by Crippen LogP contribution is -2.08. The molecule has 2 nitrogen and oxygen atoms in total. The summed E-state index contributed by atoms with van der Waals surface area (Å²) in [5, 5.41) is 8.88. The summed E-state index contributed by atoms with van der Waals surface area (Å²) in [5.74, 6) is 0.477. The van der Waals surface area contributed by atoms with Crippen molar-refractivity contribution in [3.05, 3.63) is 21.3 Å². The maximum atomic E-state index is 11.5. The van der Waals surface area contributed by atoms with Gasteiger partial charge in [0.1, 0.15) is 0 Å². The van der Waals surface area contributed by atoms with Crippen LogP contribution in [0.2, 0.25) is 4.34 Å². The number of aliphatic hydroxyl groups is 1. The van der Waals surface area contributed by atoms with Gasteiger partial charge in [-0.05, 0) is 12.1 Å². The standard InChI is InChI=1S/C9H11ClO2S2/c1-6(4-11)13-5-7(12)8-2-3-9(10)14-8/h2-3,6,11H,4-5H2,1H3. The van der Waals surface area contributed by atoms with Crippen LogP contribution in [-0.2, 0) is 0 Å². The Morgan fingerprint density at radius 1 is 1.71 bits per heavy atom. The van der Waals surface area contributed by atoms with Gasteiger partial charge in [0.25, 0.3) is 0 Å². The molecule has 0 spiro atoms. The van der Waals surface area contributed by atoms with Crippen LogP contribution in [0.5, 0.6) is 0 Å². The maximum Gasteiger partial charge on any atom is 0.182 e. The van der Waals surface area contributed by atoms with Crippen LogP contribution < -0.4 is 0 Å². The molecule has 5 heteroatoms. The summed E-state index contributed by atoms with van der Waals surface area (Å²) in [5.41, 5.74) is 0. The number of halogens is 1. The van der Waals surface area contributed by atoms with Crippen molar-refractivity contribution in [3.8, 4) is 0 Å². The van der Waals surface area contributed by atoms with Gasteiger partial charge in [0.2, 0.25) is 0 Å². The van der Waals surface area contributed by atoms with E-state index >= 15 is 0 Å². The lowest BCUT2D eigenvalue weighted by atomic mass is 10.4. The second-order valence-electron chi connectivity index (χ2n) is 2.83. The Morgan fingerprint density at radius 2 is 2.43 bits per heavy atom. The van der Waals surface area contributed by atoms with Gasteiger partial charge in [-0.2, -0.15) is 0 Å². The maximum absolute atomic E-state index is 11.5. The van der Waals surface area contributed by atoms with E-state index in [2.05, 4.69) is 0 Å². The molecule has 14 heavy (non-hydrogen) atoms. The van der Waals surface area contributed by atoms with E-state index in [0.29, 0.717) is 15.0 Å². The van der Waals surface area contributed by atoms with Crippen molar-refractivity contribution in [1.82, 2.24) is 0 Å². The topological polar surface area (TPSA) is 37.3 Å². The molecular weight excluding hydrogens is 240 g/mol. The molecule has 0 fully saturated rings. The van der Waals surface area contributed by atoms with Crippen LogP contribution in [0.1, 0.15) is 16.6 Å². The van der Waals surface area contributed by atoms with Gasteiger partial charge in [0.05, 0.1) is 21.6 Å².